The smallest absolute Gasteiger partial charge is 0.416 e. The van der Waals surface area contributed by atoms with Crippen molar-refractivity contribution in [1.82, 2.24) is 14.9 Å². The second kappa shape index (κ2) is 6.39. The first-order chi connectivity index (χ1) is 12.3. The van der Waals surface area contributed by atoms with E-state index in [2.05, 4.69) is 10.2 Å². The van der Waals surface area contributed by atoms with Crippen LogP contribution in [0.1, 0.15) is 5.56 Å². The second-order valence-corrected chi connectivity index (χ2v) is 5.24. The second-order valence-electron chi connectivity index (χ2n) is 5.24. The third-order valence-electron chi connectivity index (χ3n) is 3.57. The number of carbonyl (C=O) groups is 1. The zero-order valence-corrected chi connectivity index (χ0v) is 13.1. The van der Waals surface area contributed by atoms with Crippen LogP contribution in [0.2, 0.25) is 0 Å². The summed E-state index contributed by atoms with van der Waals surface area (Å²) in [6, 6.07) is 9.36. The van der Waals surface area contributed by atoms with Gasteiger partial charge in [-0.3, -0.25) is 4.90 Å². The molecule has 26 heavy (non-hydrogen) atoms. The van der Waals surface area contributed by atoms with Gasteiger partial charge >= 0.3 is 12.2 Å². The highest BCUT2D eigenvalue weighted by molar-refractivity contribution is 6.01. The molecular formula is C16H12F3N5O2. The molecule has 1 heterocycles. The highest BCUT2D eigenvalue weighted by Gasteiger charge is 2.31. The van der Waals surface area contributed by atoms with E-state index in [0.717, 1.165) is 23.4 Å². The number of anilines is 2. The van der Waals surface area contributed by atoms with Gasteiger partial charge in [0.2, 0.25) is 5.82 Å². The lowest BCUT2D eigenvalue weighted by atomic mass is 10.1. The van der Waals surface area contributed by atoms with Crippen molar-refractivity contribution in [1.29, 1.82) is 0 Å². The molecule has 0 unspecified atom stereocenters. The summed E-state index contributed by atoms with van der Waals surface area (Å²) < 4.78 is 39.6. The van der Waals surface area contributed by atoms with Gasteiger partial charge < -0.3 is 10.9 Å². The van der Waals surface area contributed by atoms with E-state index >= 15 is 0 Å². The maximum atomic E-state index is 13.0. The Morgan fingerprint density at radius 2 is 1.88 bits per heavy atom. The lowest BCUT2D eigenvalue weighted by Crippen LogP contribution is -2.32. The van der Waals surface area contributed by atoms with Gasteiger partial charge in [-0.25, -0.2) is 4.79 Å². The summed E-state index contributed by atoms with van der Waals surface area (Å²) in [5.41, 5.74) is 4.81. The van der Waals surface area contributed by atoms with Gasteiger partial charge in [-0.05, 0) is 30.3 Å². The number of rotatable bonds is 3. The number of carbonyl (C=O) groups excluding carboxylic acids is 1. The molecular weight excluding hydrogens is 351 g/mol. The number of primary amides is 1. The Balaban J connectivity index is 2.17. The Labute approximate surface area is 145 Å². The maximum Gasteiger partial charge on any atom is 0.416 e. The molecule has 134 valence electrons. The highest BCUT2D eigenvalue weighted by atomic mass is 19.4. The molecule has 3 rings (SSSR count). The van der Waals surface area contributed by atoms with Crippen molar-refractivity contribution in [2.24, 2.45) is 5.73 Å². The number of halogens is 3. The van der Waals surface area contributed by atoms with Crippen LogP contribution in [0.3, 0.4) is 0 Å². The molecule has 0 bridgehead atoms. The van der Waals surface area contributed by atoms with E-state index in [4.69, 9.17) is 5.73 Å². The SMILES string of the molecule is NC(=O)N(c1cccc(C(F)(F)F)c1)c1ccccc1-c1nncn1O. The Bertz CT molecular complexity index is 955. The number of alkyl halides is 3. The van der Waals surface area contributed by atoms with Crippen molar-refractivity contribution in [2.75, 3.05) is 4.90 Å². The van der Waals surface area contributed by atoms with Crippen LogP contribution < -0.4 is 10.6 Å². The summed E-state index contributed by atoms with van der Waals surface area (Å²) in [6.45, 7) is 0. The molecule has 7 nitrogen and oxygen atoms in total. The van der Waals surface area contributed by atoms with Gasteiger partial charge in [-0.1, -0.05) is 18.2 Å². The van der Waals surface area contributed by atoms with Gasteiger partial charge in [-0.15, -0.1) is 10.2 Å². The molecule has 0 saturated heterocycles. The average Bonchev–Trinajstić information content (AvgIpc) is 3.01. The van der Waals surface area contributed by atoms with Crippen molar-refractivity contribution < 1.29 is 23.2 Å². The first-order valence-corrected chi connectivity index (χ1v) is 7.24. The van der Waals surface area contributed by atoms with E-state index < -0.39 is 17.8 Å². The number of nitrogens with two attached hydrogens (primary N) is 1. The quantitative estimate of drug-likeness (QED) is 0.697. The number of para-hydroxylation sites is 1. The number of nitrogens with zero attached hydrogens (tertiary/aromatic N) is 4. The van der Waals surface area contributed by atoms with E-state index in [9.17, 15) is 23.2 Å². The van der Waals surface area contributed by atoms with Crippen molar-refractivity contribution in [3.8, 4) is 11.4 Å². The number of urea groups is 1. The standard InChI is InChI=1S/C16H12F3N5O2/c17-16(18,19)10-4-3-5-11(8-10)24(15(20)25)13-7-2-1-6-12(13)14-22-21-9-23(14)26/h1-9,26H,(H2,20,25). The number of amides is 2. The van der Waals surface area contributed by atoms with E-state index in [-0.39, 0.29) is 22.8 Å². The fraction of sp³-hybridized carbons (Fsp3) is 0.0625. The molecule has 0 aliphatic heterocycles. The minimum atomic E-state index is -4.58. The predicted octanol–water partition coefficient (Wildman–Crippen LogP) is 3.42. The van der Waals surface area contributed by atoms with Crippen molar-refractivity contribution in [3.63, 3.8) is 0 Å². The lowest BCUT2D eigenvalue weighted by molar-refractivity contribution is -0.137. The molecule has 0 fully saturated rings. The van der Waals surface area contributed by atoms with E-state index in [0.29, 0.717) is 4.73 Å². The minimum absolute atomic E-state index is 0.00109. The molecule has 0 atom stereocenters. The molecule has 0 saturated carbocycles. The van der Waals surface area contributed by atoms with Crippen LogP contribution in [0, 0.1) is 0 Å². The zero-order chi connectivity index (χ0) is 18.9. The summed E-state index contributed by atoms with van der Waals surface area (Å²) in [5, 5.41) is 17.1. The van der Waals surface area contributed by atoms with Gasteiger partial charge in [0.1, 0.15) is 0 Å². The zero-order valence-electron chi connectivity index (χ0n) is 13.1. The molecule has 0 spiro atoms. The van der Waals surface area contributed by atoms with Crippen molar-refractivity contribution >= 4 is 17.4 Å². The number of aromatic nitrogens is 3. The van der Waals surface area contributed by atoms with Gasteiger partial charge in [0.05, 0.1) is 16.9 Å². The Hall–Kier alpha value is -3.56. The first-order valence-electron chi connectivity index (χ1n) is 7.24. The Morgan fingerprint density at radius 1 is 1.15 bits per heavy atom. The van der Waals surface area contributed by atoms with Gasteiger partial charge in [0.25, 0.3) is 0 Å². The van der Waals surface area contributed by atoms with E-state index in [1.807, 2.05) is 0 Å². The normalized spacial score (nSPS) is 11.3. The molecule has 2 aromatic carbocycles. The van der Waals surface area contributed by atoms with Gasteiger partial charge in [0.15, 0.2) is 6.33 Å². The monoisotopic (exact) mass is 363 g/mol. The van der Waals surface area contributed by atoms with E-state index in [1.54, 1.807) is 12.1 Å². The molecule has 0 aliphatic rings. The Kier molecular flexibility index (Phi) is 4.24. The highest BCUT2D eigenvalue weighted by Crippen LogP contribution is 2.37. The largest absolute Gasteiger partial charge is 0.425 e. The molecule has 10 heteroatoms. The molecule has 3 aromatic rings. The lowest BCUT2D eigenvalue weighted by Gasteiger charge is -2.23. The van der Waals surface area contributed by atoms with Gasteiger partial charge in [0, 0.05) is 5.56 Å². The molecule has 1 aromatic heterocycles. The molecule has 3 N–H and O–H groups in total. The van der Waals surface area contributed by atoms with Crippen LogP contribution >= 0.6 is 0 Å². The minimum Gasteiger partial charge on any atom is -0.425 e. The Morgan fingerprint density at radius 3 is 2.50 bits per heavy atom. The summed E-state index contributed by atoms with van der Waals surface area (Å²) in [5.74, 6) is -0.00109. The third kappa shape index (κ3) is 3.16. The van der Waals surface area contributed by atoms with Crippen molar-refractivity contribution in [3.05, 3.63) is 60.4 Å². The fourth-order valence-corrected chi connectivity index (χ4v) is 2.47. The van der Waals surface area contributed by atoms with Crippen LogP contribution in [-0.2, 0) is 6.18 Å². The summed E-state index contributed by atoms with van der Waals surface area (Å²) in [7, 11) is 0. The van der Waals surface area contributed by atoms with Crippen LogP contribution in [-0.4, -0.2) is 26.2 Å². The van der Waals surface area contributed by atoms with Crippen LogP contribution in [0.5, 0.6) is 0 Å². The third-order valence-corrected chi connectivity index (χ3v) is 3.57. The van der Waals surface area contributed by atoms with Crippen LogP contribution in [0.4, 0.5) is 29.3 Å². The topological polar surface area (TPSA) is 97.3 Å². The summed E-state index contributed by atoms with van der Waals surface area (Å²) in [4.78, 5) is 12.9. The number of hydrogen-bond acceptors (Lipinski definition) is 4. The summed E-state index contributed by atoms with van der Waals surface area (Å²) >= 11 is 0. The summed E-state index contributed by atoms with van der Waals surface area (Å²) in [6.07, 6.45) is -3.55. The average molecular weight is 363 g/mol. The number of benzene rings is 2. The molecule has 2 amide bonds. The van der Waals surface area contributed by atoms with Crippen molar-refractivity contribution in [2.45, 2.75) is 6.18 Å². The molecule has 0 aliphatic carbocycles. The fourth-order valence-electron chi connectivity index (χ4n) is 2.47. The maximum absolute atomic E-state index is 13.0. The van der Waals surface area contributed by atoms with Crippen LogP contribution in [0.15, 0.2) is 54.9 Å². The van der Waals surface area contributed by atoms with E-state index in [1.165, 1.54) is 24.3 Å². The van der Waals surface area contributed by atoms with Gasteiger partial charge in [-0.2, -0.15) is 17.9 Å². The number of hydrogen-bond donors (Lipinski definition) is 2. The molecule has 0 radical (unpaired) electrons. The van der Waals surface area contributed by atoms with Crippen LogP contribution in [0.25, 0.3) is 11.4 Å². The first kappa shape index (κ1) is 17.3. The predicted molar refractivity (Wildman–Crippen MR) is 85.8 cm³/mol.